The van der Waals surface area contributed by atoms with Gasteiger partial charge in [-0.05, 0) is 55.0 Å². The van der Waals surface area contributed by atoms with Gasteiger partial charge in [0.2, 0.25) is 5.91 Å². The lowest BCUT2D eigenvalue weighted by molar-refractivity contribution is -0.385. The van der Waals surface area contributed by atoms with Gasteiger partial charge in [0.05, 0.1) is 0 Å². The van der Waals surface area contributed by atoms with E-state index in [0.29, 0.717) is 24.9 Å². The minimum atomic E-state index is -4.48. The number of anilines is 1. The van der Waals surface area contributed by atoms with E-state index < -0.39 is 23.2 Å². The zero-order valence-corrected chi connectivity index (χ0v) is 16.1. The van der Waals surface area contributed by atoms with Crippen LogP contribution >= 0.6 is 0 Å². The van der Waals surface area contributed by atoms with Crippen LogP contribution in [0.5, 0.6) is 0 Å². The van der Waals surface area contributed by atoms with Crippen molar-refractivity contribution in [3.05, 3.63) is 59.7 Å². The molecule has 3 fully saturated rings. The van der Waals surface area contributed by atoms with Gasteiger partial charge in [-0.15, -0.1) is 0 Å². The average molecular weight is 422 g/mol. The Balaban J connectivity index is 1.32. The highest BCUT2D eigenvalue weighted by Crippen LogP contribution is 2.70. The van der Waals surface area contributed by atoms with Crippen molar-refractivity contribution >= 4 is 17.5 Å². The molecule has 5 nitrogen and oxygen atoms in total. The van der Waals surface area contributed by atoms with E-state index >= 15 is 0 Å². The van der Waals surface area contributed by atoms with Crippen molar-refractivity contribution in [3.8, 4) is 0 Å². The molecule has 0 spiro atoms. The quantitative estimate of drug-likeness (QED) is 0.723. The SMILES string of the molecule is CC(C(=O)Nc1ccc(F)cc1)C12CC(NC(=O)c3ccc(C(F)(F)F)c[nH+]3)(C1)C2. The highest BCUT2D eigenvalue weighted by Gasteiger charge is 2.71. The fraction of sp³-hybridized carbons (Fsp3) is 0.381. The molecule has 3 N–H and O–H groups in total. The van der Waals surface area contributed by atoms with E-state index in [0.717, 1.165) is 18.3 Å². The molecule has 1 unspecified atom stereocenters. The molecule has 1 atom stereocenters. The Labute approximate surface area is 169 Å². The summed E-state index contributed by atoms with van der Waals surface area (Å²) in [7, 11) is 0. The Morgan fingerprint density at radius 3 is 2.23 bits per heavy atom. The van der Waals surface area contributed by atoms with Crippen molar-refractivity contribution in [2.24, 2.45) is 11.3 Å². The number of aromatic amines is 1. The van der Waals surface area contributed by atoms with Crippen LogP contribution in [0, 0.1) is 17.2 Å². The summed E-state index contributed by atoms with van der Waals surface area (Å²) < 4.78 is 50.9. The number of halogens is 4. The third kappa shape index (κ3) is 3.53. The molecular weight excluding hydrogens is 402 g/mol. The number of rotatable bonds is 5. The van der Waals surface area contributed by atoms with E-state index in [1.165, 1.54) is 24.3 Å². The zero-order valence-electron chi connectivity index (χ0n) is 16.1. The molecule has 0 aliphatic heterocycles. The Morgan fingerprint density at radius 2 is 1.70 bits per heavy atom. The minimum Gasteiger partial charge on any atom is -0.341 e. The van der Waals surface area contributed by atoms with E-state index in [1.807, 2.05) is 6.92 Å². The molecule has 5 rings (SSSR count). The van der Waals surface area contributed by atoms with Gasteiger partial charge >= 0.3 is 12.1 Å². The lowest BCUT2D eigenvalue weighted by Crippen LogP contribution is -2.77. The van der Waals surface area contributed by atoms with Crippen molar-refractivity contribution in [1.29, 1.82) is 0 Å². The van der Waals surface area contributed by atoms with Crippen LogP contribution < -0.4 is 15.6 Å². The normalized spacial score (nSPS) is 25.5. The van der Waals surface area contributed by atoms with Crippen LogP contribution in [-0.4, -0.2) is 17.4 Å². The number of benzene rings is 1. The number of carbonyl (C=O) groups excluding carboxylic acids is 2. The summed E-state index contributed by atoms with van der Waals surface area (Å²) in [4.78, 5) is 27.3. The molecule has 158 valence electrons. The second kappa shape index (κ2) is 6.78. The Kier molecular flexibility index (Phi) is 4.59. The molecule has 1 heterocycles. The third-order valence-corrected chi connectivity index (χ3v) is 6.26. The predicted molar refractivity (Wildman–Crippen MR) is 98.7 cm³/mol. The summed E-state index contributed by atoms with van der Waals surface area (Å²) in [6.45, 7) is 1.83. The van der Waals surface area contributed by atoms with Gasteiger partial charge < -0.3 is 10.6 Å². The third-order valence-electron chi connectivity index (χ3n) is 6.26. The van der Waals surface area contributed by atoms with Crippen molar-refractivity contribution in [3.63, 3.8) is 0 Å². The van der Waals surface area contributed by atoms with Gasteiger partial charge in [-0.2, -0.15) is 13.2 Å². The van der Waals surface area contributed by atoms with Crippen LogP contribution in [0.2, 0.25) is 0 Å². The highest BCUT2D eigenvalue weighted by atomic mass is 19.4. The fourth-order valence-electron chi connectivity index (χ4n) is 4.57. The molecule has 0 radical (unpaired) electrons. The first-order chi connectivity index (χ1) is 14.0. The predicted octanol–water partition coefficient (Wildman–Crippen LogP) is 3.59. The standard InChI is InChI=1S/C21H19F4N3O2/c1-12(17(29)27-15-5-3-14(22)4-6-15)19-9-20(10-19,11-19)28-18(30)16-7-2-13(8-26-16)21(23,24)25/h2-8,12H,9-11H2,1H3,(H,27,29)(H,28,30)/p+1. The van der Waals surface area contributed by atoms with E-state index in [-0.39, 0.29) is 28.8 Å². The maximum Gasteiger partial charge on any atom is 0.422 e. The van der Waals surface area contributed by atoms with Crippen molar-refractivity contribution in [1.82, 2.24) is 5.32 Å². The number of nitrogens with one attached hydrogen (secondary N) is 3. The maximum absolute atomic E-state index is 13.0. The molecule has 1 aromatic heterocycles. The molecule has 0 saturated heterocycles. The maximum atomic E-state index is 13.0. The van der Waals surface area contributed by atoms with Crippen LogP contribution in [0.25, 0.3) is 0 Å². The van der Waals surface area contributed by atoms with Gasteiger partial charge in [-0.3, -0.25) is 9.59 Å². The average Bonchev–Trinajstić information content (AvgIpc) is 2.64. The minimum absolute atomic E-state index is 0.0453. The monoisotopic (exact) mass is 422 g/mol. The number of aromatic nitrogens is 1. The van der Waals surface area contributed by atoms with Gasteiger partial charge in [-0.1, -0.05) is 6.92 Å². The summed E-state index contributed by atoms with van der Waals surface area (Å²) in [5.74, 6) is -1.32. The first-order valence-electron chi connectivity index (χ1n) is 9.50. The molecular formula is C21H20F4N3O2+. The van der Waals surface area contributed by atoms with E-state index in [2.05, 4.69) is 15.6 Å². The number of carbonyl (C=O) groups is 2. The summed E-state index contributed by atoms with van der Waals surface area (Å²) in [6, 6.07) is 7.48. The van der Waals surface area contributed by atoms with Crippen LogP contribution in [0.4, 0.5) is 23.2 Å². The van der Waals surface area contributed by atoms with Gasteiger partial charge in [0, 0.05) is 23.2 Å². The molecule has 3 aliphatic rings. The van der Waals surface area contributed by atoms with Gasteiger partial charge in [-0.25, -0.2) is 9.37 Å². The van der Waals surface area contributed by atoms with E-state index in [9.17, 15) is 27.2 Å². The van der Waals surface area contributed by atoms with Crippen molar-refractivity contribution in [2.75, 3.05) is 5.32 Å². The van der Waals surface area contributed by atoms with Gasteiger partial charge in [0.1, 0.15) is 11.4 Å². The van der Waals surface area contributed by atoms with Crippen LogP contribution in [0.15, 0.2) is 42.6 Å². The molecule has 2 amide bonds. The molecule has 9 heteroatoms. The van der Waals surface area contributed by atoms with Crippen molar-refractivity contribution < 1.29 is 32.1 Å². The lowest BCUT2D eigenvalue weighted by atomic mass is 9.36. The number of amides is 2. The van der Waals surface area contributed by atoms with Crippen LogP contribution in [0.3, 0.4) is 0 Å². The lowest BCUT2D eigenvalue weighted by Gasteiger charge is -2.72. The van der Waals surface area contributed by atoms with Crippen LogP contribution in [-0.2, 0) is 11.0 Å². The number of hydrogen-bond donors (Lipinski definition) is 2. The largest absolute Gasteiger partial charge is 0.422 e. The Bertz CT molecular complexity index is 967. The number of H-pyrrole nitrogens is 1. The molecule has 3 saturated carbocycles. The molecule has 2 aromatic rings. The summed E-state index contributed by atoms with van der Waals surface area (Å²) >= 11 is 0. The highest BCUT2D eigenvalue weighted by molar-refractivity contribution is 5.94. The van der Waals surface area contributed by atoms with Crippen molar-refractivity contribution in [2.45, 2.75) is 37.9 Å². The van der Waals surface area contributed by atoms with E-state index in [1.54, 1.807) is 0 Å². The number of hydrogen-bond acceptors (Lipinski definition) is 2. The van der Waals surface area contributed by atoms with E-state index in [4.69, 9.17) is 0 Å². The topological polar surface area (TPSA) is 72.3 Å². The summed E-state index contributed by atoms with van der Waals surface area (Å²) in [5, 5.41) is 5.66. The number of alkyl halides is 3. The fourth-order valence-corrected chi connectivity index (χ4v) is 4.57. The zero-order chi connectivity index (χ0) is 21.7. The molecule has 3 aliphatic carbocycles. The van der Waals surface area contributed by atoms with Gasteiger partial charge in [0.25, 0.3) is 5.69 Å². The molecule has 30 heavy (non-hydrogen) atoms. The Morgan fingerprint density at radius 1 is 1.07 bits per heavy atom. The first kappa shape index (κ1) is 20.3. The summed E-state index contributed by atoms with van der Waals surface area (Å²) in [5.41, 5.74) is -0.923. The van der Waals surface area contributed by atoms with Gasteiger partial charge in [0.15, 0.2) is 6.20 Å². The van der Waals surface area contributed by atoms with Crippen LogP contribution in [0.1, 0.15) is 42.2 Å². The Hall–Kier alpha value is -2.97. The second-order valence-electron chi connectivity index (χ2n) is 8.33. The first-order valence-corrected chi connectivity index (χ1v) is 9.50. The molecule has 2 bridgehead atoms. The smallest absolute Gasteiger partial charge is 0.341 e. The molecule has 1 aromatic carbocycles. The summed E-state index contributed by atoms with van der Waals surface area (Å²) in [6.07, 6.45) is -1.82. The second-order valence-corrected chi connectivity index (χ2v) is 8.33. The number of pyridine rings is 1.